The molecule has 0 N–H and O–H groups in total. The van der Waals surface area contributed by atoms with E-state index in [0.29, 0.717) is 17.1 Å². The molecule has 9 aromatic carbocycles. The summed E-state index contributed by atoms with van der Waals surface area (Å²) in [6, 6.07) is 83.1. The van der Waals surface area contributed by atoms with Gasteiger partial charge in [-0.15, -0.1) is 0 Å². The Labute approximate surface area is 470 Å². The molecule has 4 aliphatic heterocycles. The first-order valence-corrected chi connectivity index (χ1v) is 32.8. The summed E-state index contributed by atoms with van der Waals surface area (Å²) in [6.45, 7) is 4.98. The molecule has 0 unspecified atom stereocenters. The number of fused-ring (bicyclic) bond motifs is 21. The summed E-state index contributed by atoms with van der Waals surface area (Å²) in [7, 11) is -12.5. The summed E-state index contributed by atoms with van der Waals surface area (Å²) in [5.74, 6) is 6.52. The lowest BCUT2D eigenvalue weighted by atomic mass is 10.1. The maximum absolute atomic E-state index is 16.6. The average Bonchev–Trinajstić information content (AvgIpc) is 1.54. The van der Waals surface area contributed by atoms with Crippen molar-refractivity contribution in [3.05, 3.63) is 287 Å². The Balaban J connectivity index is 1.33. The standard InChI is InChI=1S/C69H51N6O3P3/c1-46(76)73-70-64(49-25-7-4-8-26-49)43-79(73)67(58-37-19-13-31-52(58)53-32-14-20-38-59(53)67)80(44-65(71-74(80)47(2)77)50-27-9-5-10-28-50)69(62-41-23-17-35-56(62)57-36-18-24-42-63(57)69)81(45-66(72-75(81)48(3)78)51-29-11-6-12-30-51)68(79)60-39-21-15-33-54(60)55-34-16-22-40-61(55)68/h4-45H,1-3H3. The molecule has 390 valence electrons. The van der Waals surface area contributed by atoms with E-state index in [0.717, 1.165) is 83.5 Å². The van der Waals surface area contributed by atoms with Crippen LogP contribution in [0.15, 0.2) is 252 Å². The van der Waals surface area contributed by atoms with Crippen molar-refractivity contribution in [1.29, 1.82) is 0 Å². The zero-order valence-electron chi connectivity index (χ0n) is 44.5. The van der Waals surface area contributed by atoms with Crippen LogP contribution in [0.1, 0.15) is 70.8 Å². The molecule has 4 heterocycles. The Morgan fingerprint density at radius 3 is 0.667 bits per heavy atom. The molecule has 0 radical (unpaired) electrons. The van der Waals surface area contributed by atoms with Crippen molar-refractivity contribution in [2.75, 3.05) is 0 Å². The summed E-state index contributed by atoms with van der Waals surface area (Å²) in [4.78, 5) is 45.4. The van der Waals surface area contributed by atoms with Gasteiger partial charge in [0.1, 0.15) is 14.7 Å². The van der Waals surface area contributed by atoms with Crippen molar-refractivity contribution in [2.24, 2.45) is 15.3 Å². The monoisotopic (exact) mass is 1100 g/mol. The van der Waals surface area contributed by atoms with Crippen molar-refractivity contribution in [3.63, 3.8) is 0 Å². The van der Waals surface area contributed by atoms with E-state index < -0.39 is 35.8 Å². The average molecular weight is 1110 g/mol. The Morgan fingerprint density at radius 2 is 0.469 bits per heavy atom. The molecular weight excluding hydrogens is 1050 g/mol. The lowest BCUT2D eigenvalue weighted by Gasteiger charge is -2.75. The van der Waals surface area contributed by atoms with Crippen LogP contribution in [0.3, 0.4) is 0 Å². The SMILES string of the molecule is CC(=O)N1N=C(c2ccccc2)C=P12C1(c3ccccc3-c3ccccc31)P1(=CC(c3ccccc3)=NN1C(C)=O)C1(c3ccccc3-c3ccccc31)P1(=CC(c3ccccc3)=NN1C(C)=O)C21c2ccccc2-c2ccccc21. The van der Waals surface area contributed by atoms with Crippen molar-refractivity contribution in [1.82, 2.24) is 14.3 Å². The van der Waals surface area contributed by atoms with Crippen molar-refractivity contribution in [2.45, 2.75) is 35.5 Å². The summed E-state index contributed by atoms with van der Waals surface area (Å²) < 4.78 is 5.82. The van der Waals surface area contributed by atoms with Crippen LogP contribution in [0.5, 0.6) is 0 Å². The molecule has 3 amide bonds. The largest absolute Gasteiger partial charge is 0.273 e. The molecule has 1 saturated heterocycles. The van der Waals surface area contributed by atoms with Gasteiger partial charge in [-0.25, -0.2) is 14.3 Å². The van der Waals surface area contributed by atoms with E-state index in [1.807, 2.05) is 68.9 Å². The maximum atomic E-state index is 16.6. The number of amides is 3. The fraction of sp³-hybridized carbons (Fsp3) is 0.0870. The second-order valence-electron chi connectivity index (χ2n) is 21.7. The molecule has 7 aliphatic rings. The van der Waals surface area contributed by atoms with Crippen molar-refractivity contribution in [3.8, 4) is 33.4 Å². The first kappa shape index (κ1) is 48.2. The van der Waals surface area contributed by atoms with Gasteiger partial charge >= 0.3 is 0 Å². The number of carbonyl (C=O) groups excluding carboxylic acids is 3. The van der Waals surface area contributed by atoms with Gasteiger partial charge in [-0.1, -0.05) is 237 Å². The topological polar surface area (TPSA) is 98.0 Å². The molecule has 16 rings (SSSR count). The molecule has 0 aromatic heterocycles. The van der Waals surface area contributed by atoms with E-state index in [1.165, 1.54) is 0 Å². The number of rotatable bonds is 3. The highest BCUT2D eigenvalue weighted by molar-refractivity contribution is 8.09. The van der Waals surface area contributed by atoms with Crippen LogP contribution in [-0.4, -0.2) is 66.6 Å². The third-order valence-corrected chi connectivity index (χ3v) is 37.2. The molecule has 81 heavy (non-hydrogen) atoms. The van der Waals surface area contributed by atoms with E-state index in [4.69, 9.17) is 15.3 Å². The van der Waals surface area contributed by atoms with Crippen LogP contribution in [0.25, 0.3) is 33.4 Å². The molecule has 1 fully saturated rings. The summed E-state index contributed by atoms with van der Waals surface area (Å²) in [5, 5.41) is 17.7. The Bertz CT molecular complexity index is 3970. The fourth-order valence-electron chi connectivity index (χ4n) is 15.9. The number of hydrazone groups is 3. The number of benzene rings is 9. The zero-order chi connectivity index (χ0) is 54.7. The zero-order valence-corrected chi connectivity index (χ0v) is 47.2. The summed E-state index contributed by atoms with van der Waals surface area (Å²) in [5.41, 5.74) is 16.3. The normalized spacial score (nSPS) is 22.6. The van der Waals surface area contributed by atoms with Gasteiger partial charge < -0.3 is 0 Å². The maximum Gasteiger partial charge on any atom is 0.242 e. The van der Waals surface area contributed by atoms with Gasteiger partial charge in [0, 0.05) is 58.6 Å². The molecule has 0 bridgehead atoms. The Morgan fingerprint density at radius 1 is 0.284 bits per heavy atom. The van der Waals surface area contributed by atoms with Crippen molar-refractivity contribution >= 4 is 73.4 Å². The molecule has 12 heteroatoms. The van der Waals surface area contributed by atoms with Gasteiger partial charge in [0.05, 0.1) is 17.1 Å². The van der Waals surface area contributed by atoms with E-state index in [9.17, 15) is 0 Å². The first-order chi connectivity index (χ1) is 39.6. The minimum Gasteiger partial charge on any atom is -0.273 e. The van der Waals surface area contributed by atoms with Crippen LogP contribution in [0.2, 0.25) is 0 Å². The van der Waals surface area contributed by atoms with Gasteiger partial charge in [0.2, 0.25) is 17.7 Å². The highest BCUT2D eigenvalue weighted by Gasteiger charge is 2.90. The highest BCUT2D eigenvalue weighted by Crippen LogP contribution is 3.14. The second-order valence-corrected chi connectivity index (χ2v) is 32.8. The van der Waals surface area contributed by atoms with Crippen LogP contribution in [0, 0.1) is 0 Å². The molecule has 9 aromatic rings. The Kier molecular flexibility index (Phi) is 10.1. The van der Waals surface area contributed by atoms with Gasteiger partial charge in [0.25, 0.3) is 0 Å². The van der Waals surface area contributed by atoms with E-state index >= 15 is 14.4 Å². The number of carbonyl (C=O) groups is 3. The highest BCUT2D eigenvalue weighted by atomic mass is 31.3. The number of hydrogen-bond acceptors (Lipinski definition) is 6. The van der Waals surface area contributed by atoms with Crippen LogP contribution < -0.4 is 0 Å². The number of hydrogen-bond donors (Lipinski definition) is 0. The molecule has 0 atom stereocenters. The smallest absolute Gasteiger partial charge is 0.242 e. The van der Waals surface area contributed by atoms with Crippen LogP contribution in [0.4, 0.5) is 0 Å². The fourth-order valence-corrected chi connectivity index (χ4v) is 42.5. The van der Waals surface area contributed by atoms with Gasteiger partial charge in [0.15, 0.2) is 0 Å². The van der Waals surface area contributed by atoms with E-state index in [-0.39, 0.29) is 17.7 Å². The molecule has 6 spiro atoms. The quantitative estimate of drug-likeness (QED) is 0.165. The summed E-state index contributed by atoms with van der Waals surface area (Å²) >= 11 is 0. The minimum absolute atomic E-state index is 0.261. The first-order valence-electron chi connectivity index (χ1n) is 27.3. The van der Waals surface area contributed by atoms with Gasteiger partial charge in [-0.3, -0.25) is 14.4 Å². The molecular formula is C69H51N6O3P3. The van der Waals surface area contributed by atoms with E-state index in [2.05, 4.69) is 199 Å². The predicted molar refractivity (Wildman–Crippen MR) is 333 cm³/mol. The Hall–Kier alpha value is -8.70. The van der Waals surface area contributed by atoms with Crippen LogP contribution in [-0.2, 0) is 29.1 Å². The van der Waals surface area contributed by atoms with Gasteiger partial charge in [-0.05, 0) is 84.2 Å². The lowest BCUT2D eigenvalue weighted by Crippen LogP contribution is -2.59. The van der Waals surface area contributed by atoms with E-state index in [1.54, 1.807) is 20.8 Å². The number of nitrogens with zero attached hydrogens (tertiary/aromatic N) is 6. The molecule has 3 aliphatic carbocycles. The summed E-state index contributed by atoms with van der Waals surface area (Å²) in [6.07, 6.45) is 0. The second kappa shape index (κ2) is 16.9. The molecule has 0 saturated carbocycles. The predicted octanol–water partition coefficient (Wildman–Crippen LogP) is 14.6. The van der Waals surface area contributed by atoms with Gasteiger partial charge in [-0.2, -0.15) is 15.3 Å². The van der Waals surface area contributed by atoms with Crippen molar-refractivity contribution < 1.29 is 14.4 Å². The van der Waals surface area contributed by atoms with Crippen LogP contribution >= 0.6 is 21.1 Å². The molecule has 9 nitrogen and oxygen atoms in total. The minimum atomic E-state index is -4.18. The third-order valence-electron chi connectivity index (χ3n) is 18.1. The third kappa shape index (κ3) is 5.38. The lowest BCUT2D eigenvalue weighted by molar-refractivity contribution is -0.124.